The number of benzene rings is 3. The zero-order valence-corrected chi connectivity index (χ0v) is 26.3. The monoisotopic (exact) mass is 634 g/mol. The van der Waals surface area contributed by atoms with E-state index < -0.39 is 5.82 Å². The Kier molecular flexibility index (Phi) is 10.4. The summed E-state index contributed by atoms with van der Waals surface area (Å²) < 4.78 is 46.0. The van der Waals surface area contributed by atoms with E-state index in [2.05, 4.69) is 22.1 Å². The van der Waals surface area contributed by atoms with Crippen molar-refractivity contribution in [3.05, 3.63) is 84.1 Å². The molecule has 1 fully saturated rings. The second kappa shape index (κ2) is 14.6. The standard InChI is InChI=1S/C34H36F2N4O4S/c1-4-39(2)17-18-43-32-20-26-28(21-31(32)42-3)37-15-13-29(26)44-30-12-11-25(19-27(30)36)38-34(45)40-16-14-23(33(40)41)8-5-22-6-9-24(35)10-7-22/h6-7,9-13,15,19-21,23H,4-5,8,14,16-18H2,1-3H3,(H,38,45)/t23-/m1/s1. The summed E-state index contributed by atoms with van der Waals surface area (Å²) in [6.07, 6.45) is 3.56. The summed E-state index contributed by atoms with van der Waals surface area (Å²) in [5.41, 5.74) is 1.98. The quantitative estimate of drug-likeness (QED) is 0.170. The van der Waals surface area contributed by atoms with E-state index in [4.69, 9.17) is 26.4 Å². The number of nitrogens with zero attached hydrogens (tertiary/aromatic N) is 3. The second-order valence-corrected chi connectivity index (χ2v) is 11.3. The number of fused-ring (bicyclic) bond motifs is 1. The van der Waals surface area contributed by atoms with Gasteiger partial charge in [0.2, 0.25) is 5.91 Å². The van der Waals surface area contributed by atoms with E-state index in [-0.39, 0.29) is 28.5 Å². The molecule has 0 saturated carbocycles. The first-order valence-corrected chi connectivity index (χ1v) is 15.3. The van der Waals surface area contributed by atoms with Crippen molar-refractivity contribution < 1.29 is 27.8 Å². The van der Waals surface area contributed by atoms with E-state index in [0.29, 0.717) is 66.3 Å². The molecule has 0 bridgehead atoms. The lowest BCUT2D eigenvalue weighted by Gasteiger charge is -2.19. The van der Waals surface area contributed by atoms with Crippen LogP contribution in [0.25, 0.3) is 10.9 Å². The lowest BCUT2D eigenvalue weighted by molar-refractivity contribution is -0.127. The number of likely N-dealkylation sites (N-methyl/N-ethyl adjacent to an activating group) is 1. The Morgan fingerprint density at radius 1 is 1.07 bits per heavy atom. The molecule has 4 aromatic rings. The van der Waals surface area contributed by atoms with Crippen LogP contribution >= 0.6 is 12.2 Å². The van der Waals surface area contributed by atoms with Crippen molar-refractivity contribution in [1.82, 2.24) is 14.8 Å². The minimum atomic E-state index is -0.606. The number of aryl methyl sites for hydroxylation is 1. The molecule has 1 saturated heterocycles. The van der Waals surface area contributed by atoms with Gasteiger partial charge in [-0.05, 0) is 87.0 Å². The van der Waals surface area contributed by atoms with E-state index in [1.54, 1.807) is 49.7 Å². The number of likely N-dealkylation sites (tertiary alicyclic amines) is 1. The van der Waals surface area contributed by atoms with Crippen molar-refractivity contribution in [2.24, 2.45) is 5.92 Å². The van der Waals surface area contributed by atoms with Crippen LogP contribution in [0.5, 0.6) is 23.0 Å². The molecule has 8 nitrogen and oxygen atoms in total. The number of hydrogen-bond acceptors (Lipinski definition) is 7. The molecule has 1 aromatic heterocycles. The minimum absolute atomic E-state index is 0.0138. The number of methoxy groups -OCH3 is 1. The minimum Gasteiger partial charge on any atom is -0.493 e. The fraction of sp³-hybridized carbons (Fsp3) is 0.324. The van der Waals surface area contributed by atoms with Crippen molar-refractivity contribution in [2.75, 3.05) is 45.7 Å². The Morgan fingerprint density at radius 2 is 1.87 bits per heavy atom. The van der Waals surface area contributed by atoms with Gasteiger partial charge < -0.3 is 24.4 Å². The predicted octanol–water partition coefficient (Wildman–Crippen LogP) is 6.82. The molecule has 1 N–H and O–H groups in total. The van der Waals surface area contributed by atoms with Crippen LogP contribution in [-0.4, -0.2) is 66.2 Å². The van der Waals surface area contributed by atoms with Gasteiger partial charge in [0.1, 0.15) is 18.2 Å². The molecular formula is C34H36F2N4O4S. The van der Waals surface area contributed by atoms with Gasteiger partial charge in [-0.25, -0.2) is 8.78 Å². The zero-order chi connectivity index (χ0) is 31.9. The third-order valence-electron chi connectivity index (χ3n) is 7.92. The highest BCUT2D eigenvalue weighted by atomic mass is 32.1. The van der Waals surface area contributed by atoms with Gasteiger partial charge in [0, 0.05) is 48.4 Å². The SMILES string of the molecule is CCN(C)CCOc1cc2c(Oc3ccc(NC(=S)N4CC[C@@H](CCc5ccc(F)cc5)C4=O)cc3F)ccnc2cc1OC. The molecular weight excluding hydrogens is 598 g/mol. The average Bonchev–Trinajstić information content (AvgIpc) is 3.41. The Hall–Kier alpha value is -4.35. The first-order chi connectivity index (χ1) is 21.7. The summed E-state index contributed by atoms with van der Waals surface area (Å²) in [5.74, 6) is 0.354. The average molecular weight is 635 g/mol. The lowest BCUT2D eigenvalue weighted by Crippen LogP contribution is -2.37. The number of pyridine rings is 1. The van der Waals surface area contributed by atoms with Crippen LogP contribution in [0, 0.1) is 17.6 Å². The number of thiocarbonyl (C=S) groups is 1. The van der Waals surface area contributed by atoms with Crippen LogP contribution in [0.1, 0.15) is 25.3 Å². The van der Waals surface area contributed by atoms with E-state index in [9.17, 15) is 9.18 Å². The van der Waals surface area contributed by atoms with E-state index >= 15 is 4.39 Å². The maximum absolute atomic E-state index is 15.3. The largest absolute Gasteiger partial charge is 0.493 e. The Labute approximate surface area is 266 Å². The molecule has 0 spiro atoms. The van der Waals surface area contributed by atoms with Crippen molar-refractivity contribution in [3.8, 4) is 23.0 Å². The molecule has 1 amide bonds. The first kappa shape index (κ1) is 32.1. The molecule has 11 heteroatoms. The van der Waals surface area contributed by atoms with Crippen LogP contribution in [0.3, 0.4) is 0 Å². The maximum atomic E-state index is 15.3. The van der Waals surface area contributed by atoms with E-state index in [1.807, 2.05) is 7.05 Å². The first-order valence-electron chi connectivity index (χ1n) is 14.9. The number of carbonyl (C=O) groups excluding carboxylic acids is 1. The summed E-state index contributed by atoms with van der Waals surface area (Å²) in [6.45, 7) is 4.66. The number of rotatable bonds is 12. The summed E-state index contributed by atoms with van der Waals surface area (Å²) in [5, 5.41) is 3.84. The predicted molar refractivity (Wildman–Crippen MR) is 174 cm³/mol. The van der Waals surface area contributed by atoms with Crippen LogP contribution in [0.2, 0.25) is 0 Å². The highest BCUT2D eigenvalue weighted by Crippen LogP contribution is 2.38. The number of hydrogen-bond donors (Lipinski definition) is 1. The third-order valence-corrected chi connectivity index (χ3v) is 8.24. The maximum Gasteiger partial charge on any atom is 0.231 e. The fourth-order valence-electron chi connectivity index (χ4n) is 5.13. The van der Waals surface area contributed by atoms with E-state index in [0.717, 1.165) is 18.7 Å². The van der Waals surface area contributed by atoms with Crippen LogP contribution < -0.4 is 19.5 Å². The number of nitrogens with one attached hydrogen (secondary N) is 1. The molecule has 1 aliphatic rings. The van der Waals surface area contributed by atoms with Gasteiger partial charge in [-0.1, -0.05) is 19.1 Å². The molecule has 45 heavy (non-hydrogen) atoms. The Balaban J connectivity index is 1.23. The number of ether oxygens (including phenoxy) is 3. The molecule has 0 unspecified atom stereocenters. The number of amides is 1. The van der Waals surface area contributed by atoms with Crippen LogP contribution in [0.4, 0.5) is 14.5 Å². The van der Waals surface area contributed by atoms with Crippen molar-refractivity contribution in [1.29, 1.82) is 0 Å². The number of halogens is 2. The summed E-state index contributed by atoms with van der Waals surface area (Å²) in [4.78, 5) is 21.1. The number of carbonyl (C=O) groups is 1. The van der Waals surface area contributed by atoms with Crippen LogP contribution in [-0.2, 0) is 11.2 Å². The lowest BCUT2D eigenvalue weighted by atomic mass is 9.98. The summed E-state index contributed by atoms with van der Waals surface area (Å²) in [6, 6.07) is 15.9. The fourth-order valence-corrected chi connectivity index (χ4v) is 5.43. The zero-order valence-electron chi connectivity index (χ0n) is 25.5. The highest BCUT2D eigenvalue weighted by Gasteiger charge is 2.33. The van der Waals surface area contributed by atoms with Crippen LogP contribution in [0.15, 0.2) is 66.9 Å². The van der Waals surface area contributed by atoms with Crippen molar-refractivity contribution in [2.45, 2.75) is 26.2 Å². The van der Waals surface area contributed by atoms with Gasteiger partial charge in [-0.3, -0.25) is 14.7 Å². The normalized spacial score (nSPS) is 14.7. The summed E-state index contributed by atoms with van der Waals surface area (Å²) >= 11 is 5.50. The highest BCUT2D eigenvalue weighted by molar-refractivity contribution is 7.80. The summed E-state index contributed by atoms with van der Waals surface area (Å²) in [7, 11) is 3.58. The number of aromatic nitrogens is 1. The number of anilines is 1. The molecule has 2 heterocycles. The second-order valence-electron chi connectivity index (χ2n) is 10.9. The Bertz CT molecular complexity index is 1670. The molecule has 236 valence electrons. The molecule has 5 rings (SSSR count). The molecule has 1 aliphatic heterocycles. The topological polar surface area (TPSA) is 76.2 Å². The van der Waals surface area contributed by atoms with Gasteiger partial charge in [0.05, 0.1) is 12.6 Å². The van der Waals surface area contributed by atoms with Crippen molar-refractivity contribution in [3.63, 3.8) is 0 Å². The van der Waals surface area contributed by atoms with Gasteiger partial charge in [0.15, 0.2) is 28.2 Å². The molecule has 0 aliphatic carbocycles. The van der Waals surface area contributed by atoms with Gasteiger partial charge in [0.25, 0.3) is 0 Å². The van der Waals surface area contributed by atoms with Crippen molar-refractivity contribution >= 4 is 39.8 Å². The van der Waals surface area contributed by atoms with Gasteiger partial charge in [-0.15, -0.1) is 0 Å². The third kappa shape index (κ3) is 7.84. The van der Waals surface area contributed by atoms with Gasteiger partial charge >= 0.3 is 0 Å². The molecule has 1 atom stereocenters. The molecule has 3 aromatic carbocycles. The smallest absolute Gasteiger partial charge is 0.231 e. The van der Waals surface area contributed by atoms with E-state index in [1.165, 1.54) is 29.2 Å². The molecule has 0 radical (unpaired) electrons. The van der Waals surface area contributed by atoms with Gasteiger partial charge in [-0.2, -0.15) is 0 Å². The Morgan fingerprint density at radius 3 is 2.60 bits per heavy atom.